The van der Waals surface area contributed by atoms with Gasteiger partial charge in [0, 0.05) is 44.8 Å². The molecule has 5 rings (SSSR count). The Kier molecular flexibility index (Phi) is 11.1. The third kappa shape index (κ3) is 8.57. The summed E-state index contributed by atoms with van der Waals surface area (Å²) >= 11 is 0. The third-order valence-corrected chi connectivity index (χ3v) is 9.93. The van der Waals surface area contributed by atoms with Crippen LogP contribution in [0.5, 0.6) is 0 Å². The topological polar surface area (TPSA) is 73.3 Å². The minimum atomic E-state index is -0.728. The van der Waals surface area contributed by atoms with E-state index in [1.54, 1.807) is 12.1 Å². The summed E-state index contributed by atoms with van der Waals surface area (Å²) in [5.41, 5.74) is 2.14. The first kappa shape index (κ1) is 31.5. The molecular weight excluding hydrogens is 545 g/mol. The fourth-order valence-corrected chi connectivity index (χ4v) is 7.45. The summed E-state index contributed by atoms with van der Waals surface area (Å²) in [5.74, 6) is 0.493. The Balaban J connectivity index is 1.19. The number of carbonyl (C=O) groups excluding carboxylic acids is 1. The van der Waals surface area contributed by atoms with Crippen LogP contribution in [0.1, 0.15) is 75.3 Å². The van der Waals surface area contributed by atoms with E-state index in [1.807, 2.05) is 4.90 Å². The molecule has 0 aromatic heterocycles. The molecule has 2 aromatic rings. The maximum Gasteiger partial charge on any atom is 0.410 e. The van der Waals surface area contributed by atoms with Crippen LogP contribution in [0, 0.1) is 17.7 Å². The van der Waals surface area contributed by atoms with Crippen LogP contribution in [0.15, 0.2) is 54.6 Å². The molecule has 0 radical (unpaired) electrons. The number of hydrogen-bond acceptors (Lipinski definition) is 5. The van der Waals surface area contributed by atoms with E-state index in [2.05, 4.69) is 47.1 Å². The maximum atomic E-state index is 13.2. The van der Waals surface area contributed by atoms with Crippen LogP contribution in [0.2, 0.25) is 0 Å². The normalized spacial score (nSPS) is 23.3. The Hall–Kier alpha value is -2.97. The first-order valence-corrected chi connectivity index (χ1v) is 16.3. The predicted octanol–water partition coefficient (Wildman–Crippen LogP) is 6.39. The number of halogens is 1. The highest BCUT2D eigenvalue weighted by atomic mass is 19.1. The molecule has 43 heavy (non-hydrogen) atoms. The van der Waals surface area contributed by atoms with Gasteiger partial charge < -0.3 is 19.6 Å². The molecule has 2 aromatic carbocycles. The number of benzene rings is 2. The zero-order valence-electron chi connectivity index (χ0n) is 25.6. The number of nitrogens with zero attached hydrogens (tertiary/aromatic N) is 3. The number of carboxylic acid groups (broad SMARTS) is 1. The molecule has 7 nitrogen and oxygen atoms in total. The number of likely N-dealkylation sites (tertiary alicyclic amines) is 1. The van der Waals surface area contributed by atoms with Gasteiger partial charge in [0.05, 0.1) is 6.54 Å². The highest BCUT2D eigenvalue weighted by molar-refractivity contribution is 5.69. The summed E-state index contributed by atoms with van der Waals surface area (Å²) in [4.78, 5) is 31.6. The van der Waals surface area contributed by atoms with Crippen molar-refractivity contribution in [3.63, 3.8) is 0 Å². The van der Waals surface area contributed by atoms with E-state index >= 15 is 0 Å². The van der Waals surface area contributed by atoms with Gasteiger partial charge in [0.1, 0.15) is 12.4 Å². The molecule has 0 spiro atoms. The van der Waals surface area contributed by atoms with E-state index in [1.165, 1.54) is 37.0 Å². The standard InChI is InChI=1S/C35H48FN3O4/c1-2-17-39(35(42)43-25-27-11-13-30(36)14-12-27)31-15-18-37(19-16-31)23-29-20-32(21-33(29)28-9-4-3-5-10-28)38(24-34(40)41)22-26-7-6-8-26/h3-5,9-14,26,29,31-33H,2,6-8,15-25H2,1H3,(H,40,41). The predicted molar refractivity (Wildman–Crippen MR) is 165 cm³/mol. The van der Waals surface area contributed by atoms with Crippen molar-refractivity contribution in [3.8, 4) is 0 Å². The second-order valence-corrected chi connectivity index (χ2v) is 12.9. The molecule has 2 aliphatic carbocycles. The molecule has 3 atom stereocenters. The molecule has 234 valence electrons. The Morgan fingerprint density at radius 2 is 1.70 bits per heavy atom. The number of hydrogen-bond donors (Lipinski definition) is 1. The maximum absolute atomic E-state index is 13.2. The lowest BCUT2D eigenvalue weighted by atomic mass is 9.84. The molecule has 3 fully saturated rings. The number of rotatable bonds is 13. The van der Waals surface area contributed by atoms with Gasteiger partial charge in [-0.15, -0.1) is 0 Å². The van der Waals surface area contributed by atoms with Crippen molar-refractivity contribution in [1.29, 1.82) is 0 Å². The van der Waals surface area contributed by atoms with E-state index < -0.39 is 5.97 Å². The number of aliphatic carboxylic acids is 1. The molecule has 1 amide bonds. The molecule has 3 aliphatic rings. The highest BCUT2D eigenvalue weighted by Crippen LogP contribution is 2.43. The van der Waals surface area contributed by atoms with Crippen LogP contribution in [0.25, 0.3) is 0 Å². The summed E-state index contributed by atoms with van der Waals surface area (Å²) in [5, 5.41) is 9.71. The van der Waals surface area contributed by atoms with Crippen molar-refractivity contribution in [1.82, 2.24) is 14.7 Å². The molecule has 1 N–H and O–H groups in total. The van der Waals surface area contributed by atoms with E-state index in [9.17, 15) is 19.1 Å². The van der Waals surface area contributed by atoms with Gasteiger partial charge in [0.25, 0.3) is 0 Å². The van der Waals surface area contributed by atoms with E-state index in [0.717, 1.165) is 63.8 Å². The minimum absolute atomic E-state index is 0.130. The van der Waals surface area contributed by atoms with E-state index in [0.29, 0.717) is 30.3 Å². The van der Waals surface area contributed by atoms with Crippen LogP contribution in [0.3, 0.4) is 0 Å². The summed E-state index contributed by atoms with van der Waals surface area (Å²) in [7, 11) is 0. The highest BCUT2D eigenvalue weighted by Gasteiger charge is 2.40. The average Bonchev–Trinajstić information content (AvgIpc) is 3.41. The quantitative estimate of drug-likeness (QED) is 0.290. The van der Waals surface area contributed by atoms with Gasteiger partial charge >= 0.3 is 12.1 Å². The van der Waals surface area contributed by atoms with Crippen molar-refractivity contribution in [2.45, 2.75) is 82.9 Å². The second-order valence-electron chi connectivity index (χ2n) is 12.9. The minimum Gasteiger partial charge on any atom is -0.480 e. The van der Waals surface area contributed by atoms with Crippen molar-refractivity contribution < 1.29 is 23.8 Å². The zero-order chi connectivity index (χ0) is 30.2. The number of ether oxygens (including phenoxy) is 1. The van der Waals surface area contributed by atoms with Gasteiger partial charge in [-0.25, -0.2) is 9.18 Å². The van der Waals surface area contributed by atoms with Crippen molar-refractivity contribution >= 4 is 12.1 Å². The first-order valence-electron chi connectivity index (χ1n) is 16.3. The zero-order valence-corrected chi connectivity index (χ0v) is 25.6. The smallest absolute Gasteiger partial charge is 0.410 e. The van der Waals surface area contributed by atoms with Gasteiger partial charge in [-0.3, -0.25) is 9.69 Å². The summed E-state index contributed by atoms with van der Waals surface area (Å²) in [6, 6.07) is 17.3. The number of piperidine rings is 1. The van der Waals surface area contributed by atoms with Gasteiger partial charge in [-0.2, -0.15) is 0 Å². The molecule has 1 heterocycles. The van der Waals surface area contributed by atoms with Crippen LogP contribution in [0.4, 0.5) is 9.18 Å². The van der Waals surface area contributed by atoms with Gasteiger partial charge in [0.2, 0.25) is 0 Å². The fraction of sp³-hybridized carbons (Fsp3) is 0.600. The van der Waals surface area contributed by atoms with Gasteiger partial charge in [-0.1, -0.05) is 55.8 Å². The first-order chi connectivity index (χ1) is 20.9. The molecule has 0 bridgehead atoms. The lowest BCUT2D eigenvalue weighted by Crippen LogP contribution is -2.48. The molecular formula is C35H48FN3O4. The average molecular weight is 594 g/mol. The Morgan fingerprint density at radius 3 is 2.33 bits per heavy atom. The number of amides is 1. The summed E-state index contributed by atoms with van der Waals surface area (Å²) < 4.78 is 18.9. The van der Waals surface area contributed by atoms with Crippen LogP contribution in [-0.2, 0) is 16.1 Å². The molecule has 3 unspecified atom stereocenters. The molecule has 8 heteroatoms. The molecule has 1 saturated heterocycles. The van der Waals surface area contributed by atoms with Gasteiger partial charge in [0.15, 0.2) is 0 Å². The SMILES string of the molecule is CCCN(C(=O)OCc1ccc(F)cc1)C1CCN(CC2CC(N(CC(=O)O)CC3CCC3)CC2c2ccccc2)CC1. The van der Waals surface area contributed by atoms with E-state index in [-0.39, 0.29) is 31.1 Å². The fourth-order valence-electron chi connectivity index (χ4n) is 7.45. The van der Waals surface area contributed by atoms with Crippen molar-refractivity contribution in [2.24, 2.45) is 11.8 Å². The largest absolute Gasteiger partial charge is 0.480 e. The Labute approximate surface area is 256 Å². The van der Waals surface area contributed by atoms with Crippen molar-refractivity contribution in [2.75, 3.05) is 39.3 Å². The number of carboxylic acids is 1. The van der Waals surface area contributed by atoms with Gasteiger partial charge in [-0.05, 0) is 86.0 Å². The number of carbonyl (C=O) groups is 2. The van der Waals surface area contributed by atoms with Crippen LogP contribution < -0.4 is 0 Å². The summed E-state index contributed by atoms with van der Waals surface area (Å²) in [6.07, 6.45) is 8.13. The van der Waals surface area contributed by atoms with Crippen molar-refractivity contribution in [3.05, 3.63) is 71.5 Å². The van der Waals surface area contributed by atoms with Crippen LogP contribution in [-0.4, -0.2) is 83.2 Å². The lowest BCUT2D eigenvalue weighted by molar-refractivity contribution is -0.139. The Morgan fingerprint density at radius 1 is 0.977 bits per heavy atom. The Bertz CT molecular complexity index is 1170. The molecule has 1 aliphatic heterocycles. The second kappa shape index (κ2) is 15.2. The van der Waals surface area contributed by atoms with Crippen LogP contribution >= 0.6 is 0 Å². The lowest BCUT2D eigenvalue weighted by Gasteiger charge is -2.39. The molecule has 2 saturated carbocycles. The summed E-state index contributed by atoms with van der Waals surface area (Å²) in [6.45, 7) is 6.77. The monoisotopic (exact) mass is 593 g/mol. The van der Waals surface area contributed by atoms with E-state index in [4.69, 9.17) is 4.74 Å². The third-order valence-electron chi connectivity index (χ3n) is 9.93.